The number of amides is 1. The number of carbonyl (C=O) groups is 4. The molecule has 0 aliphatic heterocycles. The second-order valence-corrected chi connectivity index (χ2v) is 15.2. The Labute approximate surface area is 266 Å². The molecule has 2 unspecified atom stereocenters. The van der Waals surface area contributed by atoms with Crippen molar-refractivity contribution in [3.8, 4) is 0 Å². The largest absolute Gasteiger partial charge is 0.481 e. The Morgan fingerprint density at radius 2 is 1.02 bits per heavy atom. The van der Waals surface area contributed by atoms with Crippen LogP contribution < -0.4 is 5.32 Å². The molecule has 0 fully saturated rings. The average Bonchev–Trinajstić information content (AvgIpc) is 2.96. The first-order valence-corrected chi connectivity index (χ1v) is 17.2. The number of aliphatic carboxylic acids is 3. The van der Waals surface area contributed by atoms with Gasteiger partial charge in [0.05, 0.1) is 15.5 Å². The summed E-state index contributed by atoms with van der Waals surface area (Å²) in [5.41, 5.74) is 2.57. The molecular weight excluding hydrogens is 647 g/mol. The Kier molecular flexibility index (Phi) is 14.9. The zero-order valence-corrected chi connectivity index (χ0v) is 27.6. The van der Waals surface area contributed by atoms with Crippen molar-refractivity contribution < 1.29 is 51.3 Å². The Morgan fingerprint density at radius 1 is 0.667 bits per heavy atom. The summed E-state index contributed by atoms with van der Waals surface area (Å²) in [6, 6.07) is 19.3. The van der Waals surface area contributed by atoms with Crippen LogP contribution in [0, 0.1) is 13.8 Å². The third kappa shape index (κ3) is 12.7. The fourth-order valence-electron chi connectivity index (χ4n) is 3.11. The Bertz CT molecular complexity index is 1590. The van der Waals surface area contributed by atoms with E-state index in [0.717, 1.165) is 29.9 Å². The molecule has 0 heterocycles. The van der Waals surface area contributed by atoms with E-state index in [0.29, 0.717) is 5.69 Å². The predicted molar refractivity (Wildman–Crippen MR) is 170 cm³/mol. The molecular formula is C30H35NO11S3. The third-order valence-corrected chi connectivity index (χ3v) is 11.0. The van der Waals surface area contributed by atoms with Crippen molar-refractivity contribution in [1.82, 2.24) is 0 Å². The summed E-state index contributed by atoms with van der Waals surface area (Å²) in [5.74, 6) is -3.60. The van der Waals surface area contributed by atoms with Gasteiger partial charge < -0.3 is 20.6 Å². The van der Waals surface area contributed by atoms with E-state index in [1.165, 1.54) is 43.0 Å². The molecule has 0 bridgehead atoms. The van der Waals surface area contributed by atoms with Crippen molar-refractivity contribution >= 4 is 60.9 Å². The van der Waals surface area contributed by atoms with Crippen LogP contribution in [0.15, 0.2) is 87.5 Å². The first-order chi connectivity index (χ1) is 20.8. The van der Waals surface area contributed by atoms with E-state index in [1.807, 2.05) is 13.8 Å². The molecule has 244 valence electrons. The van der Waals surface area contributed by atoms with Gasteiger partial charge in [-0.25, -0.2) is 16.8 Å². The number of nitrogens with one attached hydrogen (secondary N) is 1. The molecule has 45 heavy (non-hydrogen) atoms. The van der Waals surface area contributed by atoms with E-state index in [4.69, 9.17) is 15.3 Å². The van der Waals surface area contributed by atoms with Crippen molar-refractivity contribution in [2.75, 3.05) is 11.1 Å². The molecule has 3 aromatic carbocycles. The maximum Gasteiger partial charge on any atom is 0.321 e. The number of aryl methyl sites for hydroxylation is 2. The number of hydrogen-bond acceptors (Lipinski definition) is 9. The number of hydrogen-bond donors (Lipinski definition) is 4. The summed E-state index contributed by atoms with van der Waals surface area (Å²) in [7, 11) is -7.51. The Morgan fingerprint density at radius 3 is 1.31 bits per heavy atom. The molecule has 1 amide bonds. The van der Waals surface area contributed by atoms with Gasteiger partial charge in [-0.1, -0.05) is 35.4 Å². The van der Waals surface area contributed by atoms with E-state index in [1.54, 1.807) is 48.5 Å². The van der Waals surface area contributed by atoms with Crippen LogP contribution in [0.4, 0.5) is 5.69 Å². The number of carboxylic acid groups (broad SMARTS) is 3. The van der Waals surface area contributed by atoms with Gasteiger partial charge in [-0.3, -0.25) is 19.2 Å². The number of thioether (sulfide) groups is 1. The van der Waals surface area contributed by atoms with Gasteiger partial charge >= 0.3 is 17.9 Å². The van der Waals surface area contributed by atoms with Gasteiger partial charge in [0.2, 0.25) is 5.91 Å². The summed E-state index contributed by atoms with van der Waals surface area (Å²) in [4.78, 5) is 43.2. The molecule has 0 aliphatic rings. The molecule has 0 saturated carbocycles. The minimum absolute atomic E-state index is 0.0412. The van der Waals surface area contributed by atoms with Crippen LogP contribution in [-0.2, 0) is 38.9 Å². The van der Waals surface area contributed by atoms with E-state index in [-0.39, 0.29) is 21.5 Å². The molecule has 12 nitrogen and oxygen atoms in total. The summed E-state index contributed by atoms with van der Waals surface area (Å²) in [6.45, 7) is 7.43. The highest BCUT2D eigenvalue weighted by Crippen LogP contribution is 2.20. The van der Waals surface area contributed by atoms with Crippen molar-refractivity contribution in [3.05, 3.63) is 83.9 Å². The molecule has 0 saturated heterocycles. The highest BCUT2D eigenvalue weighted by Gasteiger charge is 2.30. The second-order valence-electron chi connectivity index (χ2n) is 9.57. The maximum atomic E-state index is 11.7. The van der Waals surface area contributed by atoms with Crippen LogP contribution >= 0.6 is 11.8 Å². The van der Waals surface area contributed by atoms with E-state index < -0.39 is 48.1 Å². The molecule has 15 heteroatoms. The first-order valence-electron chi connectivity index (χ1n) is 13.1. The van der Waals surface area contributed by atoms with Gasteiger partial charge in [0.15, 0.2) is 30.2 Å². The lowest BCUT2D eigenvalue weighted by Gasteiger charge is -2.08. The van der Waals surface area contributed by atoms with Crippen LogP contribution in [0.2, 0.25) is 0 Å². The van der Waals surface area contributed by atoms with Gasteiger partial charge in [0.25, 0.3) is 0 Å². The smallest absolute Gasteiger partial charge is 0.321 e. The van der Waals surface area contributed by atoms with Crippen LogP contribution in [-0.4, -0.2) is 72.2 Å². The molecule has 0 aromatic heterocycles. The number of carbonyl (C=O) groups excluding carboxylic acids is 1. The normalized spacial score (nSPS) is 12.2. The van der Waals surface area contributed by atoms with Crippen molar-refractivity contribution in [2.24, 2.45) is 0 Å². The minimum atomic E-state index is -3.75. The van der Waals surface area contributed by atoms with Gasteiger partial charge in [-0.2, -0.15) is 0 Å². The zero-order valence-electron chi connectivity index (χ0n) is 25.1. The molecule has 2 atom stereocenters. The summed E-state index contributed by atoms with van der Waals surface area (Å²) in [6.07, 6.45) is 0. The predicted octanol–water partition coefficient (Wildman–Crippen LogP) is 4.31. The molecule has 3 rings (SSSR count). The standard InChI is InChI=1S/C10H11NO3S.2C10H12O4S/c1-7(12)11-8-2-4-9(5-3-8)15-6-10(13)14;2*1-7-3-5-9(6-4-7)15(13,14)8(2)10(11)12/h2-5H,6H2,1H3,(H,11,12)(H,13,14);2*3-6,8H,1-2H3,(H,11,12). The number of anilines is 1. The van der Waals surface area contributed by atoms with Gasteiger partial charge in [-0.05, 0) is 76.2 Å². The summed E-state index contributed by atoms with van der Waals surface area (Å²) < 4.78 is 46.8. The summed E-state index contributed by atoms with van der Waals surface area (Å²) in [5, 5.41) is 25.6. The second kappa shape index (κ2) is 17.3. The lowest BCUT2D eigenvalue weighted by Crippen LogP contribution is -2.26. The van der Waals surface area contributed by atoms with Crippen LogP contribution in [0.5, 0.6) is 0 Å². The highest BCUT2D eigenvalue weighted by molar-refractivity contribution is 8.00. The quantitative estimate of drug-likeness (QED) is 0.221. The van der Waals surface area contributed by atoms with Gasteiger partial charge in [0, 0.05) is 17.5 Å². The zero-order chi connectivity index (χ0) is 34.5. The van der Waals surface area contributed by atoms with Gasteiger partial charge in [-0.15, -0.1) is 11.8 Å². The van der Waals surface area contributed by atoms with E-state index >= 15 is 0 Å². The van der Waals surface area contributed by atoms with E-state index in [9.17, 15) is 36.0 Å². The lowest BCUT2D eigenvalue weighted by molar-refractivity contribution is -0.137. The van der Waals surface area contributed by atoms with Crippen LogP contribution in [0.1, 0.15) is 31.9 Å². The maximum absolute atomic E-state index is 11.7. The molecule has 3 aromatic rings. The SMILES string of the molecule is CC(=O)Nc1ccc(SCC(=O)O)cc1.Cc1ccc(S(=O)(=O)C(C)C(=O)O)cc1.Cc1ccc(S(=O)(=O)C(C)C(=O)O)cc1. The fraction of sp³-hybridized carbons (Fsp3) is 0.267. The van der Waals surface area contributed by atoms with Crippen molar-refractivity contribution in [3.63, 3.8) is 0 Å². The van der Waals surface area contributed by atoms with Crippen LogP contribution in [0.3, 0.4) is 0 Å². The highest BCUT2D eigenvalue weighted by atomic mass is 32.2. The van der Waals surface area contributed by atoms with Crippen molar-refractivity contribution in [2.45, 2.75) is 59.8 Å². The number of carboxylic acids is 3. The molecule has 0 radical (unpaired) electrons. The fourth-order valence-corrected chi connectivity index (χ4v) is 6.11. The number of sulfone groups is 2. The number of rotatable bonds is 10. The number of benzene rings is 3. The molecule has 4 N–H and O–H groups in total. The van der Waals surface area contributed by atoms with Crippen LogP contribution in [0.25, 0.3) is 0 Å². The van der Waals surface area contributed by atoms with Gasteiger partial charge in [0.1, 0.15) is 0 Å². The summed E-state index contributed by atoms with van der Waals surface area (Å²) >= 11 is 1.24. The lowest BCUT2D eigenvalue weighted by atomic mass is 10.2. The van der Waals surface area contributed by atoms with E-state index in [2.05, 4.69) is 5.32 Å². The third-order valence-electron chi connectivity index (χ3n) is 5.86. The minimum Gasteiger partial charge on any atom is -0.481 e. The average molecular weight is 682 g/mol. The monoisotopic (exact) mass is 681 g/mol. The first kappa shape index (κ1) is 38.8. The Balaban J connectivity index is 0.000000337. The van der Waals surface area contributed by atoms with Crippen molar-refractivity contribution in [1.29, 1.82) is 0 Å². The molecule has 0 spiro atoms. The molecule has 0 aliphatic carbocycles. The Hall–Kier alpha value is -4.21. The topological polar surface area (TPSA) is 209 Å².